The molecule has 2 unspecified atom stereocenters. The minimum atomic E-state index is -4.57. The summed E-state index contributed by atoms with van der Waals surface area (Å²) < 4.78 is 36.8. The van der Waals surface area contributed by atoms with Crippen molar-refractivity contribution >= 4 is 22.5 Å². The SMILES string of the molecule is CC(O)CC(C)CNC(=O)Nc1nnc(C(F)(F)F)s1. The average molecular weight is 312 g/mol. The Hall–Kier alpha value is -1.42. The maximum atomic E-state index is 12.3. The van der Waals surface area contributed by atoms with Crippen molar-refractivity contribution in [3.8, 4) is 0 Å². The van der Waals surface area contributed by atoms with Gasteiger partial charge in [-0.25, -0.2) is 4.79 Å². The predicted octanol–water partition coefficient (Wildman–Crippen LogP) is 2.09. The van der Waals surface area contributed by atoms with Gasteiger partial charge in [0.2, 0.25) is 10.1 Å². The summed E-state index contributed by atoms with van der Waals surface area (Å²) in [5, 5.41) is 18.6. The number of nitrogens with one attached hydrogen (secondary N) is 2. The van der Waals surface area contributed by atoms with Gasteiger partial charge in [0.1, 0.15) is 0 Å². The van der Waals surface area contributed by atoms with E-state index in [1.807, 2.05) is 6.92 Å². The number of alkyl halides is 3. The topological polar surface area (TPSA) is 87.1 Å². The van der Waals surface area contributed by atoms with Gasteiger partial charge in [-0.05, 0) is 19.3 Å². The Morgan fingerprint density at radius 3 is 2.55 bits per heavy atom. The van der Waals surface area contributed by atoms with E-state index in [1.165, 1.54) is 0 Å². The van der Waals surface area contributed by atoms with Gasteiger partial charge in [-0.1, -0.05) is 18.3 Å². The van der Waals surface area contributed by atoms with Crippen LogP contribution in [0.3, 0.4) is 0 Å². The summed E-state index contributed by atoms with van der Waals surface area (Å²) in [6, 6.07) is -0.660. The summed E-state index contributed by atoms with van der Waals surface area (Å²) in [5.74, 6) is 0.0425. The first-order valence-electron chi connectivity index (χ1n) is 5.82. The predicted molar refractivity (Wildman–Crippen MR) is 67.4 cm³/mol. The molecule has 0 saturated heterocycles. The molecule has 0 fully saturated rings. The number of urea groups is 1. The molecule has 20 heavy (non-hydrogen) atoms. The third-order valence-electron chi connectivity index (χ3n) is 2.24. The van der Waals surface area contributed by atoms with Crippen LogP contribution < -0.4 is 10.6 Å². The molecular formula is C10H15F3N4O2S. The Balaban J connectivity index is 2.41. The van der Waals surface area contributed by atoms with Crippen molar-refractivity contribution in [1.29, 1.82) is 0 Å². The van der Waals surface area contributed by atoms with Crippen molar-refractivity contribution in [2.45, 2.75) is 32.5 Å². The number of carbonyl (C=O) groups excluding carboxylic acids is 1. The van der Waals surface area contributed by atoms with Gasteiger partial charge in [0, 0.05) is 6.54 Å². The van der Waals surface area contributed by atoms with Crippen LogP contribution in [0.15, 0.2) is 0 Å². The number of hydrogen-bond acceptors (Lipinski definition) is 5. The molecule has 0 saturated carbocycles. The molecule has 114 valence electrons. The molecule has 2 atom stereocenters. The van der Waals surface area contributed by atoms with E-state index in [0.717, 1.165) is 0 Å². The molecule has 0 radical (unpaired) electrons. The smallest absolute Gasteiger partial charge is 0.393 e. The number of rotatable bonds is 5. The van der Waals surface area contributed by atoms with E-state index < -0.39 is 23.3 Å². The number of aliphatic hydroxyl groups excluding tert-OH is 1. The van der Waals surface area contributed by atoms with Gasteiger partial charge in [-0.15, -0.1) is 10.2 Å². The molecular weight excluding hydrogens is 297 g/mol. The third-order valence-corrected chi connectivity index (χ3v) is 3.13. The minimum Gasteiger partial charge on any atom is -0.393 e. The van der Waals surface area contributed by atoms with Crippen molar-refractivity contribution in [1.82, 2.24) is 15.5 Å². The molecule has 1 aromatic heterocycles. The molecule has 0 aromatic carbocycles. The van der Waals surface area contributed by atoms with E-state index in [2.05, 4.69) is 20.8 Å². The van der Waals surface area contributed by atoms with Crippen LogP contribution in [-0.4, -0.2) is 34.0 Å². The molecule has 0 bridgehead atoms. The molecule has 3 N–H and O–H groups in total. The second kappa shape index (κ2) is 6.84. The first-order valence-corrected chi connectivity index (χ1v) is 6.63. The van der Waals surface area contributed by atoms with E-state index in [4.69, 9.17) is 5.11 Å². The number of amides is 2. The van der Waals surface area contributed by atoms with E-state index in [9.17, 15) is 18.0 Å². The Kier molecular flexibility index (Phi) is 5.69. The normalized spacial score (nSPS) is 14.7. The molecule has 0 aliphatic carbocycles. The van der Waals surface area contributed by atoms with Gasteiger partial charge in [0.25, 0.3) is 0 Å². The van der Waals surface area contributed by atoms with E-state index in [1.54, 1.807) is 6.92 Å². The highest BCUT2D eigenvalue weighted by Crippen LogP contribution is 2.32. The lowest BCUT2D eigenvalue weighted by Gasteiger charge is -2.13. The Morgan fingerprint density at radius 2 is 2.05 bits per heavy atom. The first-order chi connectivity index (χ1) is 9.18. The zero-order valence-electron chi connectivity index (χ0n) is 10.9. The van der Waals surface area contributed by atoms with Crippen molar-refractivity contribution in [2.75, 3.05) is 11.9 Å². The van der Waals surface area contributed by atoms with Crippen molar-refractivity contribution in [2.24, 2.45) is 5.92 Å². The fraction of sp³-hybridized carbons (Fsp3) is 0.700. The van der Waals surface area contributed by atoms with Crippen LogP contribution in [0, 0.1) is 5.92 Å². The van der Waals surface area contributed by atoms with Crippen LogP contribution in [0.4, 0.5) is 23.1 Å². The lowest BCUT2D eigenvalue weighted by Crippen LogP contribution is -2.33. The summed E-state index contributed by atoms with van der Waals surface area (Å²) in [6.45, 7) is 3.76. The number of anilines is 1. The van der Waals surface area contributed by atoms with Crippen LogP contribution >= 0.6 is 11.3 Å². The molecule has 10 heteroatoms. The quantitative estimate of drug-likeness (QED) is 0.777. The van der Waals surface area contributed by atoms with Crippen molar-refractivity contribution in [3.05, 3.63) is 5.01 Å². The van der Waals surface area contributed by atoms with Gasteiger partial charge in [0.15, 0.2) is 0 Å². The van der Waals surface area contributed by atoms with E-state index >= 15 is 0 Å². The standard InChI is InChI=1S/C10H15F3N4O2S/c1-5(3-6(2)18)4-14-8(19)15-9-17-16-7(20-9)10(11,12)13/h5-6,18H,3-4H2,1-2H3,(H2,14,15,17,19). The fourth-order valence-corrected chi connectivity index (χ4v) is 2.07. The number of halogens is 3. The van der Waals surface area contributed by atoms with Gasteiger partial charge in [-0.3, -0.25) is 5.32 Å². The van der Waals surface area contributed by atoms with E-state index in [0.29, 0.717) is 13.0 Å². The lowest BCUT2D eigenvalue weighted by molar-refractivity contribution is -0.138. The molecule has 0 aliphatic heterocycles. The van der Waals surface area contributed by atoms with Crippen LogP contribution in [-0.2, 0) is 6.18 Å². The van der Waals surface area contributed by atoms with Crippen LogP contribution in [0.5, 0.6) is 0 Å². The summed E-state index contributed by atoms with van der Waals surface area (Å²) in [7, 11) is 0. The average Bonchev–Trinajstić information content (AvgIpc) is 2.73. The van der Waals surface area contributed by atoms with Crippen LogP contribution in [0.25, 0.3) is 0 Å². The Morgan fingerprint density at radius 1 is 1.40 bits per heavy atom. The largest absolute Gasteiger partial charge is 0.445 e. The van der Waals surface area contributed by atoms with E-state index in [-0.39, 0.29) is 22.4 Å². The van der Waals surface area contributed by atoms with Gasteiger partial charge in [0.05, 0.1) is 6.10 Å². The number of carbonyl (C=O) groups is 1. The maximum Gasteiger partial charge on any atom is 0.445 e. The minimum absolute atomic E-state index is 0.0425. The zero-order chi connectivity index (χ0) is 15.3. The molecule has 6 nitrogen and oxygen atoms in total. The Labute approximate surface area is 117 Å². The maximum absolute atomic E-state index is 12.3. The number of aromatic nitrogens is 2. The summed E-state index contributed by atoms with van der Waals surface area (Å²) >= 11 is 0.254. The number of aliphatic hydroxyl groups is 1. The van der Waals surface area contributed by atoms with Crippen LogP contribution in [0.2, 0.25) is 0 Å². The monoisotopic (exact) mass is 312 g/mol. The van der Waals surface area contributed by atoms with Gasteiger partial charge in [-0.2, -0.15) is 13.2 Å². The highest BCUT2D eigenvalue weighted by Gasteiger charge is 2.35. The summed E-state index contributed by atoms with van der Waals surface area (Å²) in [6.07, 6.45) is -4.54. The van der Waals surface area contributed by atoms with Crippen molar-refractivity contribution in [3.63, 3.8) is 0 Å². The highest BCUT2D eigenvalue weighted by atomic mass is 32.1. The molecule has 2 amide bonds. The molecule has 1 aromatic rings. The number of hydrogen-bond donors (Lipinski definition) is 3. The molecule has 0 spiro atoms. The summed E-state index contributed by atoms with van der Waals surface area (Å²) in [4.78, 5) is 11.4. The van der Waals surface area contributed by atoms with Gasteiger partial charge >= 0.3 is 12.2 Å². The van der Waals surface area contributed by atoms with Gasteiger partial charge < -0.3 is 10.4 Å². The molecule has 1 heterocycles. The number of nitrogens with zero attached hydrogens (tertiary/aromatic N) is 2. The zero-order valence-corrected chi connectivity index (χ0v) is 11.7. The van der Waals surface area contributed by atoms with Crippen LogP contribution in [0.1, 0.15) is 25.3 Å². The fourth-order valence-electron chi connectivity index (χ4n) is 1.46. The third kappa shape index (κ3) is 5.70. The molecule has 1 rings (SSSR count). The highest BCUT2D eigenvalue weighted by molar-refractivity contribution is 7.15. The second-order valence-corrected chi connectivity index (χ2v) is 5.41. The second-order valence-electron chi connectivity index (χ2n) is 4.44. The Bertz CT molecular complexity index is 450. The van der Waals surface area contributed by atoms with Crippen molar-refractivity contribution < 1.29 is 23.1 Å². The summed E-state index contributed by atoms with van der Waals surface area (Å²) in [5.41, 5.74) is 0. The molecule has 0 aliphatic rings. The lowest BCUT2D eigenvalue weighted by atomic mass is 10.1. The first kappa shape index (κ1) is 16.6.